The Bertz CT molecular complexity index is 248. The predicted octanol–water partition coefficient (Wildman–Crippen LogP) is 3.22. The van der Waals surface area contributed by atoms with E-state index in [-0.39, 0.29) is 0 Å². The molecule has 0 aromatic heterocycles. The molecule has 0 heterocycles. The molecule has 1 rings (SSSR count). The van der Waals surface area contributed by atoms with Crippen LogP contribution in [0.4, 0.5) is 0 Å². The zero-order chi connectivity index (χ0) is 11.4. The van der Waals surface area contributed by atoms with Crippen LogP contribution in [0.15, 0.2) is 50.1 Å². The third-order valence-electron chi connectivity index (χ3n) is 1.04. The normalized spacial score (nSPS) is 6.93. The van der Waals surface area contributed by atoms with Crippen LogP contribution in [0.3, 0.4) is 0 Å². The van der Waals surface area contributed by atoms with Gasteiger partial charge in [0.05, 0.1) is 0 Å². The van der Waals surface area contributed by atoms with Gasteiger partial charge >= 0.3 is 0 Å². The first kappa shape index (κ1) is 14.7. The molecular weight excluding hydrogens is 176 g/mol. The molecule has 0 aliphatic rings. The summed E-state index contributed by atoms with van der Waals surface area (Å²) in [4.78, 5) is 9.00. The smallest absolute Gasteiger partial charge is 0.300 e. The molecule has 0 saturated carbocycles. The number of hydrogen-bond acceptors (Lipinski definition) is 1. The zero-order valence-electron chi connectivity index (χ0n) is 8.44. The lowest BCUT2D eigenvalue weighted by atomic mass is 10.2. The fourth-order valence-corrected chi connectivity index (χ4v) is 0.589. The number of benzene rings is 1. The van der Waals surface area contributed by atoms with Gasteiger partial charge in [-0.25, -0.2) is 0 Å². The zero-order valence-corrected chi connectivity index (χ0v) is 8.44. The van der Waals surface area contributed by atoms with Crippen LogP contribution in [0.25, 0.3) is 6.08 Å². The summed E-state index contributed by atoms with van der Waals surface area (Å²) in [6.07, 6.45) is 1.83. The van der Waals surface area contributed by atoms with E-state index in [9.17, 15) is 0 Å². The third kappa shape index (κ3) is 12.8. The summed E-state index contributed by atoms with van der Waals surface area (Å²) in [7, 11) is 0. The van der Waals surface area contributed by atoms with E-state index in [4.69, 9.17) is 9.90 Å². The van der Waals surface area contributed by atoms with Gasteiger partial charge < -0.3 is 5.11 Å². The van der Waals surface area contributed by atoms with Gasteiger partial charge in [0.25, 0.3) is 5.97 Å². The van der Waals surface area contributed by atoms with Crippen molar-refractivity contribution in [3.05, 3.63) is 55.6 Å². The molecule has 0 aliphatic heterocycles. The van der Waals surface area contributed by atoms with Crippen molar-refractivity contribution in [3.63, 3.8) is 0 Å². The van der Waals surface area contributed by atoms with Crippen molar-refractivity contribution in [2.24, 2.45) is 0 Å². The first-order valence-corrected chi connectivity index (χ1v) is 4.04. The second-order valence-corrected chi connectivity index (χ2v) is 2.13. The van der Waals surface area contributed by atoms with Gasteiger partial charge in [0, 0.05) is 6.92 Å². The van der Waals surface area contributed by atoms with E-state index in [2.05, 4.69) is 19.7 Å². The summed E-state index contributed by atoms with van der Waals surface area (Å²) in [5, 5.41) is 7.42. The summed E-state index contributed by atoms with van der Waals surface area (Å²) in [5.74, 6) is -0.833. The molecule has 0 radical (unpaired) electrons. The minimum atomic E-state index is -0.833. The summed E-state index contributed by atoms with van der Waals surface area (Å²) in [6.45, 7) is 10.7. The number of carbonyl (C=O) groups is 1. The average molecular weight is 192 g/mol. The molecule has 0 aliphatic carbocycles. The summed E-state index contributed by atoms with van der Waals surface area (Å²) in [5.41, 5.74) is 1.17. The van der Waals surface area contributed by atoms with Crippen LogP contribution in [-0.4, -0.2) is 11.1 Å². The Morgan fingerprint density at radius 1 is 1.29 bits per heavy atom. The van der Waals surface area contributed by atoms with Gasteiger partial charge in [0.1, 0.15) is 0 Å². The molecule has 0 unspecified atom stereocenters. The van der Waals surface area contributed by atoms with Crippen molar-refractivity contribution in [2.75, 3.05) is 0 Å². The lowest BCUT2D eigenvalue weighted by Gasteiger charge is -1.85. The topological polar surface area (TPSA) is 37.3 Å². The maximum Gasteiger partial charge on any atom is 0.300 e. The standard InChI is InChI=1S/C8H8.C2H4O2.C2H4/c1-2-8-6-4-3-5-7-8;1-2(3)4;1-2/h2-7H,1H2;1H3,(H,3,4);1-2H2. The van der Waals surface area contributed by atoms with E-state index in [1.807, 2.05) is 36.4 Å². The first-order chi connectivity index (χ1) is 6.66. The first-order valence-electron chi connectivity index (χ1n) is 4.04. The van der Waals surface area contributed by atoms with Crippen molar-refractivity contribution >= 4 is 12.0 Å². The highest BCUT2D eigenvalue weighted by atomic mass is 16.4. The van der Waals surface area contributed by atoms with E-state index < -0.39 is 5.97 Å². The van der Waals surface area contributed by atoms with Gasteiger partial charge in [0.2, 0.25) is 0 Å². The van der Waals surface area contributed by atoms with Crippen LogP contribution in [0.1, 0.15) is 12.5 Å². The van der Waals surface area contributed by atoms with E-state index in [0.29, 0.717) is 0 Å². The fourth-order valence-electron chi connectivity index (χ4n) is 0.589. The molecule has 76 valence electrons. The van der Waals surface area contributed by atoms with E-state index in [1.165, 1.54) is 5.56 Å². The van der Waals surface area contributed by atoms with E-state index in [1.54, 1.807) is 0 Å². The summed E-state index contributed by atoms with van der Waals surface area (Å²) in [6, 6.07) is 10.0. The second-order valence-electron chi connectivity index (χ2n) is 2.13. The van der Waals surface area contributed by atoms with Crippen molar-refractivity contribution in [1.29, 1.82) is 0 Å². The Balaban J connectivity index is 0. The molecule has 1 aromatic rings. The number of carboxylic acid groups (broad SMARTS) is 1. The largest absolute Gasteiger partial charge is 0.481 e. The minimum Gasteiger partial charge on any atom is -0.481 e. The molecule has 2 heteroatoms. The van der Waals surface area contributed by atoms with Gasteiger partial charge in [0.15, 0.2) is 0 Å². The highest BCUT2D eigenvalue weighted by molar-refractivity contribution is 5.62. The lowest BCUT2D eigenvalue weighted by molar-refractivity contribution is -0.134. The maximum atomic E-state index is 9.00. The minimum absolute atomic E-state index is 0.833. The van der Waals surface area contributed by atoms with E-state index in [0.717, 1.165) is 6.92 Å². The quantitative estimate of drug-likeness (QED) is 0.693. The van der Waals surface area contributed by atoms with Gasteiger partial charge in [-0.2, -0.15) is 0 Å². The molecular formula is C12H16O2. The monoisotopic (exact) mass is 192 g/mol. The highest BCUT2D eigenvalue weighted by Gasteiger charge is 1.75. The Morgan fingerprint density at radius 3 is 1.86 bits per heavy atom. The number of rotatable bonds is 1. The van der Waals surface area contributed by atoms with Gasteiger partial charge in [-0.1, -0.05) is 43.0 Å². The maximum absolute atomic E-state index is 9.00. The average Bonchev–Trinajstić information content (AvgIpc) is 2.21. The molecule has 0 spiro atoms. The molecule has 1 N–H and O–H groups in total. The Morgan fingerprint density at radius 2 is 1.64 bits per heavy atom. The van der Waals surface area contributed by atoms with Crippen LogP contribution >= 0.6 is 0 Å². The van der Waals surface area contributed by atoms with Crippen molar-refractivity contribution in [1.82, 2.24) is 0 Å². The van der Waals surface area contributed by atoms with Crippen LogP contribution in [-0.2, 0) is 4.79 Å². The summed E-state index contributed by atoms with van der Waals surface area (Å²) >= 11 is 0. The molecule has 0 bridgehead atoms. The molecule has 2 nitrogen and oxygen atoms in total. The van der Waals surface area contributed by atoms with Gasteiger partial charge in [-0.3, -0.25) is 4.79 Å². The number of carboxylic acids is 1. The molecule has 0 fully saturated rings. The molecule has 0 atom stereocenters. The molecule has 0 saturated heterocycles. The van der Waals surface area contributed by atoms with E-state index >= 15 is 0 Å². The van der Waals surface area contributed by atoms with Crippen LogP contribution in [0.2, 0.25) is 0 Å². The second kappa shape index (κ2) is 11.2. The number of aliphatic carboxylic acids is 1. The molecule has 1 aromatic carbocycles. The molecule has 14 heavy (non-hydrogen) atoms. The van der Waals surface area contributed by atoms with Crippen LogP contribution < -0.4 is 0 Å². The van der Waals surface area contributed by atoms with Gasteiger partial charge in [-0.05, 0) is 5.56 Å². The fraction of sp³-hybridized carbons (Fsp3) is 0.0833. The SMILES string of the molecule is C=C.C=Cc1ccccc1.CC(=O)O. The Kier molecular flexibility index (Phi) is 11.7. The number of hydrogen-bond donors (Lipinski definition) is 1. The van der Waals surface area contributed by atoms with Crippen LogP contribution in [0.5, 0.6) is 0 Å². The predicted molar refractivity (Wildman–Crippen MR) is 61.1 cm³/mol. The van der Waals surface area contributed by atoms with Crippen molar-refractivity contribution in [3.8, 4) is 0 Å². The van der Waals surface area contributed by atoms with Crippen molar-refractivity contribution < 1.29 is 9.90 Å². The third-order valence-corrected chi connectivity index (χ3v) is 1.04. The molecule has 0 amide bonds. The highest BCUT2D eigenvalue weighted by Crippen LogP contribution is 1.97. The van der Waals surface area contributed by atoms with Crippen molar-refractivity contribution in [2.45, 2.75) is 6.92 Å². The Hall–Kier alpha value is -1.83. The van der Waals surface area contributed by atoms with Gasteiger partial charge in [-0.15, -0.1) is 13.2 Å². The summed E-state index contributed by atoms with van der Waals surface area (Å²) < 4.78 is 0. The lowest BCUT2D eigenvalue weighted by Crippen LogP contribution is -1.78. The van der Waals surface area contributed by atoms with Crippen LogP contribution in [0, 0.1) is 0 Å². The Labute approximate surface area is 85.2 Å².